The predicted molar refractivity (Wildman–Crippen MR) is 112 cm³/mol. The third-order valence-corrected chi connectivity index (χ3v) is 2.98. The van der Waals surface area contributed by atoms with E-state index in [1.807, 2.05) is 38.1 Å². The Bertz CT molecular complexity index is 538. The predicted octanol–water partition coefficient (Wildman–Crippen LogP) is 3.30. The Kier molecular flexibility index (Phi) is 10.7. The summed E-state index contributed by atoms with van der Waals surface area (Å²) in [6.07, 6.45) is 0.931. The molecule has 0 unspecified atom stereocenters. The molecular formula is C18H31IN4O. The van der Waals surface area contributed by atoms with Gasteiger partial charge in [0.2, 0.25) is 0 Å². The molecule has 0 fully saturated rings. The van der Waals surface area contributed by atoms with Crippen molar-refractivity contribution in [2.45, 2.75) is 53.1 Å². The van der Waals surface area contributed by atoms with Crippen molar-refractivity contribution in [3.8, 4) is 0 Å². The van der Waals surface area contributed by atoms with Gasteiger partial charge in [0, 0.05) is 24.2 Å². The Hall–Kier alpha value is -1.31. The summed E-state index contributed by atoms with van der Waals surface area (Å²) in [7, 11) is 0. The SMILES string of the molecule is CCCNC(=O)c1cccc(CN=C(NCC)NC(C)(C)C)c1.I. The number of hydrogen-bond acceptors (Lipinski definition) is 2. The molecule has 0 aliphatic heterocycles. The van der Waals surface area contributed by atoms with Gasteiger partial charge in [-0.2, -0.15) is 0 Å². The molecule has 6 heteroatoms. The standard InChI is InChI=1S/C18H30N4O.HI/c1-6-11-20-16(23)15-10-8-9-14(12-15)13-21-17(19-7-2)22-18(3,4)5;/h8-10,12H,6-7,11,13H2,1-5H3,(H,20,23)(H2,19,21,22);1H. The Labute approximate surface area is 163 Å². The quantitative estimate of drug-likeness (QED) is 0.357. The van der Waals surface area contributed by atoms with E-state index in [0.717, 1.165) is 24.5 Å². The Morgan fingerprint density at radius 1 is 1.17 bits per heavy atom. The molecule has 1 aromatic carbocycles. The van der Waals surface area contributed by atoms with Crippen molar-refractivity contribution in [1.82, 2.24) is 16.0 Å². The van der Waals surface area contributed by atoms with Crippen LogP contribution < -0.4 is 16.0 Å². The number of benzene rings is 1. The summed E-state index contributed by atoms with van der Waals surface area (Å²) in [5, 5.41) is 9.48. The minimum Gasteiger partial charge on any atom is -0.357 e. The largest absolute Gasteiger partial charge is 0.357 e. The minimum atomic E-state index is -0.0527. The molecule has 0 heterocycles. The van der Waals surface area contributed by atoms with E-state index in [9.17, 15) is 4.79 Å². The van der Waals surface area contributed by atoms with E-state index in [0.29, 0.717) is 18.7 Å². The van der Waals surface area contributed by atoms with Crippen LogP contribution in [0.4, 0.5) is 0 Å². The van der Waals surface area contributed by atoms with Crippen LogP contribution in [-0.2, 0) is 6.54 Å². The molecule has 0 saturated carbocycles. The van der Waals surface area contributed by atoms with Gasteiger partial charge in [-0.25, -0.2) is 4.99 Å². The third kappa shape index (κ3) is 9.10. The van der Waals surface area contributed by atoms with Gasteiger partial charge in [0.05, 0.1) is 6.54 Å². The molecule has 0 bridgehead atoms. The van der Waals surface area contributed by atoms with E-state index < -0.39 is 0 Å². The number of guanidine groups is 1. The number of halogens is 1. The first-order valence-corrected chi connectivity index (χ1v) is 8.29. The molecule has 1 rings (SSSR count). The summed E-state index contributed by atoms with van der Waals surface area (Å²) < 4.78 is 0. The lowest BCUT2D eigenvalue weighted by molar-refractivity contribution is 0.0953. The molecule has 1 amide bonds. The molecule has 5 nitrogen and oxygen atoms in total. The molecule has 24 heavy (non-hydrogen) atoms. The fourth-order valence-corrected chi connectivity index (χ4v) is 1.98. The third-order valence-electron chi connectivity index (χ3n) is 2.98. The summed E-state index contributed by atoms with van der Waals surface area (Å²) in [6, 6.07) is 7.61. The summed E-state index contributed by atoms with van der Waals surface area (Å²) in [6.45, 7) is 12.4. The summed E-state index contributed by atoms with van der Waals surface area (Å²) >= 11 is 0. The van der Waals surface area contributed by atoms with E-state index in [2.05, 4.69) is 41.7 Å². The van der Waals surface area contributed by atoms with Gasteiger partial charge in [0.25, 0.3) is 5.91 Å². The molecule has 0 aliphatic rings. The second-order valence-electron chi connectivity index (χ2n) is 6.53. The van der Waals surface area contributed by atoms with Gasteiger partial charge in [-0.3, -0.25) is 4.79 Å². The van der Waals surface area contributed by atoms with Crippen molar-refractivity contribution in [2.24, 2.45) is 4.99 Å². The fourth-order valence-electron chi connectivity index (χ4n) is 1.98. The maximum atomic E-state index is 12.0. The average Bonchev–Trinajstić information content (AvgIpc) is 2.49. The monoisotopic (exact) mass is 446 g/mol. The van der Waals surface area contributed by atoms with E-state index in [1.165, 1.54) is 0 Å². The van der Waals surface area contributed by atoms with Gasteiger partial charge in [0.15, 0.2) is 5.96 Å². The fraction of sp³-hybridized carbons (Fsp3) is 0.556. The average molecular weight is 446 g/mol. The second kappa shape index (κ2) is 11.3. The highest BCUT2D eigenvalue weighted by molar-refractivity contribution is 14.0. The van der Waals surface area contributed by atoms with E-state index in [1.54, 1.807) is 0 Å². The Morgan fingerprint density at radius 2 is 1.88 bits per heavy atom. The van der Waals surface area contributed by atoms with Crippen LogP contribution in [0.3, 0.4) is 0 Å². The number of rotatable bonds is 6. The van der Waals surface area contributed by atoms with Gasteiger partial charge in [-0.05, 0) is 51.8 Å². The molecule has 0 radical (unpaired) electrons. The minimum absolute atomic E-state index is 0. The second-order valence-corrected chi connectivity index (χ2v) is 6.53. The summed E-state index contributed by atoms with van der Waals surface area (Å²) in [5.41, 5.74) is 1.64. The number of carbonyl (C=O) groups is 1. The zero-order valence-corrected chi connectivity index (χ0v) is 17.7. The van der Waals surface area contributed by atoms with Crippen molar-refractivity contribution in [1.29, 1.82) is 0 Å². The van der Waals surface area contributed by atoms with Crippen LogP contribution >= 0.6 is 24.0 Å². The Balaban J connectivity index is 0.00000529. The smallest absolute Gasteiger partial charge is 0.251 e. The van der Waals surface area contributed by atoms with Gasteiger partial charge in [-0.15, -0.1) is 24.0 Å². The highest BCUT2D eigenvalue weighted by Crippen LogP contribution is 2.07. The molecule has 3 N–H and O–H groups in total. The molecule has 0 saturated heterocycles. The molecule has 0 aromatic heterocycles. The van der Waals surface area contributed by atoms with E-state index in [-0.39, 0.29) is 35.4 Å². The molecular weight excluding hydrogens is 415 g/mol. The molecule has 0 atom stereocenters. The van der Waals surface area contributed by atoms with Gasteiger partial charge in [-0.1, -0.05) is 19.1 Å². The lowest BCUT2D eigenvalue weighted by Gasteiger charge is -2.23. The van der Waals surface area contributed by atoms with Crippen LogP contribution in [0.15, 0.2) is 29.3 Å². The normalized spacial score (nSPS) is 11.5. The molecule has 136 valence electrons. The number of nitrogens with zero attached hydrogens (tertiary/aromatic N) is 1. The lowest BCUT2D eigenvalue weighted by Crippen LogP contribution is -2.47. The highest BCUT2D eigenvalue weighted by Gasteiger charge is 2.11. The summed E-state index contributed by atoms with van der Waals surface area (Å²) in [5.74, 6) is 0.748. The maximum Gasteiger partial charge on any atom is 0.251 e. The van der Waals surface area contributed by atoms with Crippen LogP contribution in [0, 0.1) is 0 Å². The van der Waals surface area contributed by atoms with Crippen molar-refractivity contribution >= 4 is 35.8 Å². The summed E-state index contributed by atoms with van der Waals surface area (Å²) in [4.78, 5) is 16.6. The van der Waals surface area contributed by atoms with E-state index >= 15 is 0 Å². The first-order valence-electron chi connectivity index (χ1n) is 8.29. The van der Waals surface area contributed by atoms with Crippen LogP contribution in [0.5, 0.6) is 0 Å². The van der Waals surface area contributed by atoms with Gasteiger partial charge < -0.3 is 16.0 Å². The van der Waals surface area contributed by atoms with Gasteiger partial charge >= 0.3 is 0 Å². The van der Waals surface area contributed by atoms with Crippen LogP contribution in [0.25, 0.3) is 0 Å². The molecule has 0 spiro atoms. The van der Waals surface area contributed by atoms with Gasteiger partial charge in [0.1, 0.15) is 0 Å². The van der Waals surface area contributed by atoms with Crippen LogP contribution in [0.2, 0.25) is 0 Å². The number of nitrogens with one attached hydrogen (secondary N) is 3. The van der Waals surface area contributed by atoms with Crippen LogP contribution in [0.1, 0.15) is 57.0 Å². The van der Waals surface area contributed by atoms with E-state index in [4.69, 9.17) is 0 Å². The van der Waals surface area contributed by atoms with Crippen molar-refractivity contribution in [2.75, 3.05) is 13.1 Å². The highest BCUT2D eigenvalue weighted by atomic mass is 127. The van der Waals surface area contributed by atoms with Crippen molar-refractivity contribution in [3.05, 3.63) is 35.4 Å². The number of amides is 1. The molecule has 0 aliphatic carbocycles. The number of hydrogen-bond donors (Lipinski definition) is 3. The van der Waals surface area contributed by atoms with Crippen molar-refractivity contribution in [3.63, 3.8) is 0 Å². The topological polar surface area (TPSA) is 65.5 Å². The number of aliphatic imine (C=N–C) groups is 1. The number of carbonyl (C=O) groups excluding carboxylic acids is 1. The molecule has 1 aromatic rings. The first kappa shape index (κ1) is 22.7. The zero-order valence-electron chi connectivity index (χ0n) is 15.4. The zero-order chi connectivity index (χ0) is 17.3. The maximum absolute atomic E-state index is 12.0. The Morgan fingerprint density at radius 3 is 2.46 bits per heavy atom. The van der Waals surface area contributed by atoms with Crippen molar-refractivity contribution < 1.29 is 4.79 Å². The first-order chi connectivity index (χ1) is 10.9. The lowest BCUT2D eigenvalue weighted by atomic mass is 10.1. The van der Waals surface area contributed by atoms with Crippen LogP contribution in [-0.4, -0.2) is 30.5 Å².